The van der Waals surface area contributed by atoms with Crippen LogP contribution in [-0.2, 0) is 11.2 Å². The summed E-state index contributed by atoms with van der Waals surface area (Å²) in [5.74, 6) is -0.938. The Hall–Kier alpha value is -4.32. The van der Waals surface area contributed by atoms with E-state index in [4.69, 9.17) is 9.52 Å². The lowest BCUT2D eigenvalue weighted by Gasteiger charge is -2.13. The number of carboxylic acid groups (broad SMARTS) is 1. The summed E-state index contributed by atoms with van der Waals surface area (Å²) in [5, 5.41) is 28.9. The van der Waals surface area contributed by atoms with Gasteiger partial charge >= 0.3 is 11.6 Å². The average Bonchev–Trinajstić information content (AvgIpc) is 2.74. The van der Waals surface area contributed by atoms with Crippen molar-refractivity contribution >= 4 is 23.0 Å². The van der Waals surface area contributed by atoms with Crippen molar-refractivity contribution in [1.29, 1.82) is 0 Å². The van der Waals surface area contributed by atoms with Crippen molar-refractivity contribution in [2.75, 3.05) is 0 Å². The van der Waals surface area contributed by atoms with E-state index in [2.05, 4.69) is 0 Å². The maximum atomic E-state index is 12.9. The predicted octanol–water partition coefficient (Wildman–Crippen LogP) is 4.56. The first-order valence-corrected chi connectivity index (χ1v) is 9.49. The van der Waals surface area contributed by atoms with Gasteiger partial charge in [0.1, 0.15) is 17.1 Å². The largest absolute Gasteiger partial charge is 0.508 e. The molecule has 0 aliphatic heterocycles. The summed E-state index contributed by atoms with van der Waals surface area (Å²) in [6.45, 7) is 0. The van der Waals surface area contributed by atoms with E-state index in [9.17, 15) is 19.8 Å². The third kappa shape index (κ3) is 4.33. The minimum absolute atomic E-state index is 0.00597. The Bertz CT molecular complexity index is 1350. The Morgan fingerprint density at radius 1 is 0.903 bits per heavy atom. The highest BCUT2D eigenvalue weighted by molar-refractivity contribution is 5.88. The van der Waals surface area contributed by atoms with Crippen LogP contribution in [0.1, 0.15) is 16.7 Å². The molecule has 0 spiro atoms. The molecule has 6 nitrogen and oxygen atoms in total. The summed E-state index contributed by atoms with van der Waals surface area (Å²) in [7, 11) is 0. The minimum atomic E-state index is -1.02. The Balaban J connectivity index is 1.85. The topological polar surface area (TPSA) is 108 Å². The van der Waals surface area contributed by atoms with Crippen molar-refractivity contribution < 1.29 is 24.5 Å². The fourth-order valence-corrected chi connectivity index (χ4v) is 3.48. The molecule has 1 heterocycles. The molecule has 0 fully saturated rings. The van der Waals surface area contributed by atoms with Gasteiger partial charge in [0.05, 0.1) is 5.56 Å². The molecule has 3 N–H and O–H groups in total. The second-order valence-electron chi connectivity index (χ2n) is 7.06. The van der Waals surface area contributed by atoms with E-state index >= 15 is 0 Å². The van der Waals surface area contributed by atoms with E-state index in [1.165, 1.54) is 30.3 Å². The monoisotopic (exact) mass is 414 g/mol. The van der Waals surface area contributed by atoms with Crippen LogP contribution in [0.15, 0.2) is 82.0 Å². The quantitative estimate of drug-likeness (QED) is 0.326. The molecular weight excluding hydrogens is 396 g/mol. The van der Waals surface area contributed by atoms with Gasteiger partial charge in [0.2, 0.25) is 0 Å². The summed E-state index contributed by atoms with van der Waals surface area (Å²) in [6.07, 6.45) is 2.98. The smallest absolute Gasteiger partial charge is 0.344 e. The number of carbonyl (C=O) groups is 1. The molecule has 3 aromatic carbocycles. The van der Waals surface area contributed by atoms with Crippen LogP contribution in [0.2, 0.25) is 0 Å². The maximum Gasteiger partial charge on any atom is 0.344 e. The van der Waals surface area contributed by atoms with E-state index in [0.29, 0.717) is 22.9 Å². The number of hydrogen-bond donors (Lipinski definition) is 3. The molecule has 4 rings (SSSR count). The first-order chi connectivity index (χ1) is 14.9. The highest BCUT2D eigenvalue weighted by atomic mass is 16.4. The summed E-state index contributed by atoms with van der Waals surface area (Å²) >= 11 is 0. The number of hydrogen-bond acceptors (Lipinski definition) is 5. The van der Waals surface area contributed by atoms with Crippen LogP contribution in [0, 0.1) is 0 Å². The first kappa shape index (κ1) is 20.0. The van der Waals surface area contributed by atoms with Crippen molar-refractivity contribution in [2.24, 2.45) is 0 Å². The number of rotatable bonds is 5. The fraction of sp³-hybridized carbons (Fsp3) is 0.0400. The van der Waals surface area contributed by atoms with Crippen molar-refractivity contribution in [2.45, 2.75) is 6.42 Å². The van der Waals surface area contributed by atoms with Crippen molar-refractivity contribution in [3.8, 4) is 22.6 Å². The molecule has 0 saturated carbocycles. The first-order valence-electron chi connectivity index (χ1n) is 9.49. The van der Waals surface area contributed by atoms with E-state index in [0.717, 1.165) is 22.8 Å². The van der Waals surface area contributed by atoms with Gasteiger partial charge in [-0.05, 0) is 59.0 Å². The zero-order valence-corrected chi connectivity index (χ0v) is 16.3. The van der Waals surface area contributed by atoms with Gasteiger partial charge in [-0.2, -0.15) is 0 Å². The summed E-state index contributed by atoms with van der Waals surface area (Å²) in [4.78, 5) is 23.6. The number of carboxylic acids is 1. The number of fused-ring (bicyclic) bond motifs is 1. The van der Waals surface area contributed by atoms with Crippen LogP contribution in [0.3, 0.4) is 0 Å². The third-order valence-corrected chi connectivity index (χ3v) is 4.93. The number of benzene rings is 3. The van der Waals surface area contributed by atoms with Gasteiger partial charge in [-0.1, -0.05) is 36.4 Å². The molecular formula is C25H18O6. The fourth-order valence-electron chi connectivity index (χ4n) is 3.48. The molecule has 0 unspecified atom stereocenters. The highest BCUT2D eigenvalue weighted by Gasteiger charge is 2.17. The normalized spacial score (nSPS) is 11.2. The lowest BCUT2D eigenvalue weighted by Crippen LogP contribution is -2.08. The zero-order valence-electron chi connectivity index (χ0n) is 16.3. The molecule has 0 bridgehead atoms. The molecule has 154 valence electrons. The van der Waals surface area contributed by atoms with Crippen LogP contribution >= 0.6 is 0 Å². The van der Waals surface area contributed by atoms with Gasteiger partial charge in [-0.3, -0.25) is 0 Å². The molecule has 1 aromatic heterocycles. The van der Waals surface area contributed by atoms with Gasteiger partial charge in [-0.25, -0.2) is 9.59 Å². The molecule has 31 heavy (non-hydrogen) atoms. The van der Waals surface area contributed by atoms with Crippen LogP contribution in [0.25, 0.3) is 28.2 Å². The van der Waals surface area contributed by atoms with E-state index < -0.39 is 11.6 Å². The third-order valence-electron chi connectivity index (χ3n) is 4.93. The van der Waals surface area contributed by atoms with Crippen LogP contribution < -0.4 is 5.63 Å². The summed E-state index contributed by atoms with van der Waals surface area (Å²) in [6, 6.07) is 18.3. The van der Waals surface area contributed by atoms with Crippen molar-refractivity contribution in [3.05, 3.63) is 99.9 Å². The number of phenols is 2. The number of aromatic hydroxyl groups is 2. The molecule has 0 aliphatic carbocycles. The van der Waals surface area contributed by atoms with Gasteiger partial charge in [-0.15, -0.1) is 0 Å². The number of aliphatic carboxylic acids is 1. The van der Waals surface area contributed by atoms with Crippen molar-refractivity contribution in [1.82, 2.24) is 0 Å². The standard InChI is InChI=1S/C25H18O6/c26-18-8-6-17(7-9-18)24-21(20-11-10-19(27)14-22(20)31-25(24)30)13-16-3-1-15(2-4-16)5-12-23(28)29/h1-12,14,26-27H,13H2,(H,28,29)/b12-5+. The van der Waals surface area contributed by atoms with E-state index in [-0.39, 0.29) is 17.1 Å². The molecule has 0 radical (unpaired) electrons. The van der Waals surface area contributed by atoms with E-state index in [1.54, 1.807) is 30.3 Å². The van der Waals surface area contributed by atoms with Gasteiger partial charge in [0.25, 0.3) is 0 Å². The SMILES string of the molecule is O=C(O)/C=C/c1ccc(Cc2c(-c3ccc(O)cc3)c(=O)oc3cc(O)ccc23)cc1. The highest BCUT2D eigenvalue weighted by Crippen LogP contribution is 2.32. The molecule has 6 heteroatoms. The van der Waals surface area contributed by atoms with Gasteiger partial charge in [0.15, 0.2) is 0 Å². The maximum absolute atomic E-state index is 12.9. The zero-order chi connectivity index (χ0) is 22.0. The average molecular weight is 414 g/mol. The van der Waals surface area contributed by atoms with Crippen LogP contribution in [0.4, 0.5) is 0 Å². The Morgan fingerprint density at radius 2 is 1.58 bits per heavy atom. The summed E-state index contributed by atoms with van der Waals surface area (Å²) in [5.41, 5.74) is 3.11. The second-order valence-corrected chi connectivity index (χ2v) is 7.06. The van der Waals surface area contributed by atoms with Crippen LogP contribution in [-0.4, -0.2) is 21.3 Å². The minimum Gasteiger partial charge on any atom is -0.508 e. The Kier molecular flexibility index (Phi) is 5.28. The van der Waals surface area contributed by atoms with Crippen molar-refractivity contribution in [3.63, 3.8) is 0 Å². The van der Waals surface area contributed by atoms with Crippen LogP contribution in [0.5, 0.6) is 11.5 Å². The lowest BCUT2D eigenvalue weighted by molar-refractivity contribution is -0.131. The second kappa shape index (κ2) is 8.20. The van der Waals surface area contributed by atoms with Gasteiger partial charge < -0.3 is 19.7 Å². The van der Waals surface area contributed by atoms with E-state index in [1.807, 2.05) is 12.1 Å². The lowest BCUT2D eigenvalue weighted by atomic mass is 9.93. The molecule has 4 aromatic rings. The molecule has 0 amide bonds. The Labute approximate surface area is 177 Å². The van der Waals surface area contributed by atoms with Gasteiger partial charge in [0, 0.05) is 17.5 Å². The predicted molar refractivity (Wildman–Crippen MR) is 117 cm³/mol. The summed E-state index contributed by atoms with van der Waals surface area (Å²) < 4.78 is 5.47. The Morgan fingerprint density at radius 3 is 2.26 bits per heavy atom. The molecule has 0 saturated heterocycles. The number of phenolic OH excluding ortho intramolecular Hbond substituents is 2. The molecule has 0 aliphatic rings. The molecule has 0 atom stereocenters.